The monoisotopic (exact) mass is 358 g/mol. The van der Waals surface area contributed by atoms with Crippen LogP contribution in [0.3, 0.4) is 0 Å². The molecule has 0 aliphatic carbocycles. The molecule has 0 aliphatic heterocycles. The number of nitro groups is 2. The minimum Gasteiger partial charge on any atom is -0.463 e. The molecule has 1 aromatic heterocycles. The highest BCUT2D eigenvalue weighted by atomic mass is 19.4. The van der Waals surface area contributed by atoms with Gasteiger partial charge in [-0.25, -0.2) is 0 Å². The fraction of sp³-hybridized carbons (Fsp3) is 0.154. The SMILES string of the molecule is C/C(=N\Nc1c([N+](=O)[O-])cc(C(F)(F)F)cc1[N+](=O)[O-])c1ccco1. The molecule has 0 saturated carbocycles. The molecule has 0 radical (unpaired) electrons. The smallest absolute Gasteiger partial charge is 0.416 e. The van der Waals surface area contributed by atoms with Crippen molar-refractivity contribution in [1.82, 2.24) is 0 Å². The zero-order valence-corrected chi connectivity index (χ0v) is 12.4. The minimum atomic E-state index is -4.98. The van der Waals surface area contributed by atoms with Gasteiger partial charge in [0.25, 0.3) is 0 Å². The van der Waals surface area contributed by atoms with E-state index in [1.54, 1.807) is 0 Å². The number of nitro benzene ring substituents is 2. The van der Waals surface area contributed by atoms with Crippen molar-refractivity contribution in [3.8, 4) is 0 Å². The van der Waals surface area contributed by atoms with Crippen LogP contribution in [0.1, 0.15) is 18.2 Å². The third kappa shape index (κ3) is 3.91. The molecule has 1 heterocycles. The fourth-order valence-electron chi connectivity index (χ4n) is 1.86. The first-order valence-corrected chi connectivity index (χ1v) is 6.49. The van der Waals surface area contributed by atoms with Crippen LogP contribution in [0.5, 0.6) is 0 Å². The maximum atomic E-state index is 12.8. The summed E-state index contributed by atoms with van der Waals surface area (Å²) in [4.78, 5) is 19.8. The Labute approximate surface area is 137 Å². The molecule has 132 valence electrons. The average molecular weight is 358 g/mol. The molecular formula is C13H9F3N4O5. The highest BCUT2D eigenvalue weighted by Crippen LogP contribution is 2.41. The van der Waals surface area contributed by atoms with E-state index in [2.05, 4.69) is 10.5 Å². The third-order valence-corrected chi connectivity index (χ3v) is 3.03. The number of nitrogens with one attached hydrogen (secondary N) is 1. The van der Waals surface area contributed by atoms with E-state index in [-0.39, 0.29) is 23.6 Å². The number of hydrazone groups is 1. The van der Waals surface area contributed by atoms with Crippen molar-refractivity contribution in [2.75, 3.05) is 5.43 Å². The highest BCUT2D eigenvalue weighted by Gasteiger charge is 2.37. The number of nitrogens with zero attached hydrogens (tertiary/aromatic N) is 3. The lowest BCUT2D eigenvalue weighted by molar-refractivity contribution is -0.392. The number of anilines is 1. The predicted molar refractivity (Wildman–Crippen MR) is 79.3 cm³/mol. The Morgan fingerprint density at radius 2 is 1.76 bits per heavy atom. The second-order valence-corrected chi connectivity index (χ2v) is 4.69. The fourth-order valence-corrected chi connectivity index (χ4v) is 1.86. The zero-order chi connectivity index (χ0) is 18.8. The first-order chi connectivity index (χ1) is 11.6. The number of hydrogen-bond donors (Lipinski definition) is 1. The van der Waals surface area contributed by atoms with E-state index in [9.17, 15) is 33.4 Å². The number of furan rings is 1. The van der Waals surface area contributed by atoms with Gasteiger partial charge in [0.15, 0.2) is 0 Å². The molecule has 1 aromatic carbocycles. The highest BCUT2D eigenvalue weighted by molar-refractivity contribution is 5.96. The molecule has 2 aromatic rings. The molecule has 2 rings (SSSR count). The second-order valence-electron chi connectivity index (χ2n) is 4.69. The summed E-state index contributed by atoms with van der Waals surface area (Å²) in [5, 5.41) is 25.8. The number of hydrogen-bond acceptors (Lipinski definition) is 7. The molecule has 0 aliphatic rings. The largest absolute Gasteiger partial charge is 0.463 e. The summed E-state index contributed by atoms with van der Waals surface area (Å²) in [6, 6.07) is 3.45. The van der Waals surface area contributed by atoms with Crippen LogP contribution in [0.15, 0.2) is 40.0 Å². The maximum Gasteiger partial charge on any atom is 0.416 e. The molecule has 0 amide bonds. The standard InChI is InChI=1S/C13H9F3N4O5/c1-7(11-3-2-4-25-11)17-18-12-9(19(21)22)5-8(13(14,15)16)6-10(12)20(23)24/h2-6,18H,1H3/b17-7+. The Kier molecular flexibility index (Phi) is 4.72. The van der Waals surface area contributed by atoms with Gasteiger partial charge in [-0.05, 0) is 19.1 Å². The Morgan fingerprint density at radius 1 is 1.20 bits per heavy atom. The van der Waals surface area contributed by atoms with Crippen LogP contribution in [0.2, 0.25) is 0 Å². The van der Waals surface area contributed by atoms with Gasteiger partial charge in [0.05, 0.1) is 21.7 Å². The van der Waals surface area contributed by atoms with E-state index in [1.165, 1.54) is 25.3 Å². The molecule has 12 heteroatoms. The summed E-state index contributed by atoms with van der Waals surface area (Å²) in [6.07, 6.45) is -3.65. The normalized spacial score (nSPS) is 12.1. The van der Waals surface area contributed by atoms with E-state index < -0.39 is 38.6 Å². The van der Waals surface area contributed by atoms with E-state index in [1.807, 2.05) is 0 Å². The number of benzene rings is 1. The molecule has 1 N–H and O–H groups in total. The van der Waals surface area contributed by atoms with Crippen LogP contribution >= 0.6 is 0 Å². The number of alkyl halides is 3. The Hall–Kier alpha value is -3.44. The molecule has 0 bridgehead atoms. The van der Waals surface area contributed by atoms with E-state index in [0.29, 0.717) is 0 Å². The molecule has 9 nitrogen and oxygen atoms in total. The third-order valence-electron chi connectivity index (χ3n) is 3.03. The van der Waals surface area contributed by atoms with Crippen molar-refractivity contribution in [3.05, 3.63) is 62.1 Å². The van der Waals surface area contributed by atoms with Gasteiger partial charge in [-0.15, -0.1) is 0 Å². The average Bonchev–Trinajstić information content (AvgIpc) is 3.05. The van der Waals surface area contributed by atoms with Crippen molar-refractivity contribution in [2.24, 2.45) is 5.10 Å². The lowest BCUT2D eigenvalue weighted by Gasteiger charge is -2.09. The molecule has 0 fully saturated rings. The van der Waals surface area contributed by atoms with Crippen LogP contribution in [-0.2, 0) is 6.18 Å². The summed E-state index contributed by atoms with van der Waals surface area (Å²) < 4.78 is 43.4. The predicted octanol–water partition coefficient (Wildman–Crippen LogP) is 3.95. The van der Waals surface area contributed by atoms with Crippen molar-refractivity contribution in [2.45, 2.75) is 13.1 Å². The van der Waals surface area contributed by atoms with E-state index in [4.69, 9.17) is 4.42 Å². The molecule has 0 saturated heterocycles. The van der Waals surface area contributed by atoms with Gasteiger partial charge in [-0.3, -0.25) is 25.7 Å². The van der Waals surface area contributed by atoms with Gasteiger partial charge >= 0.3 is 17.6 Å². The molecule has 0 atom stereocenters. The lowest BCUT2D eigenvalue weighted by Crippen LogP contribution is -2.10. The van der Waals surface area contributed by atoms with Gasteiger partial charge in [-0.2, -0.15) is 18.3 Å². The molecule has 0 spiro atoms. The second kappa shape index (κ2) is 6.59. The quantitative estimate of drug-likeness (QED) is 0.490. The van der Waals surface area contributed by atoms with E-state index in [0.717, 1.165) is 0 Å². The van der Waals surface area contributed by atoms with Crippen molar-refractivity contribution in [1.29, 1.82) is 0 Å². The molecule has 25 heavy (non-hydrogen) atoms. The number of halogens is 3. The van der Waals surface area contributed by atoms with Crippen molar-refractivity contribution in [3.63, 3.8) is 0 Å². The summed E-state index contributed by atoms with van der Waals surface area (Å²) in [7, 11) is 0. The Balaban J connectivity index is 2.57. The minimum absolute atomic E-state index is 0.175. The van der Waals surface area contributed by atoms with Crippen LogP contribution < -0.4 is 5.43 Å². The van der Waals surface area contributed by atoms with Gasteiger partial charge in [-0.1, -0.05) is 0 Å². The van der Waals surface area contributed by atoms with Crippen LogP contribution in [-0.4, -0.2) is 15.6 Å². The van der Waals surface area contributed by atoms with Gasteiger partial charge in [0.1, 0.15) is 11.5 Å². The topological polar surface area (TPSA) is 124 Å². The van der Waals surface area contributed by atoms with Crippen molar-refractivity contribution >= 4 is 22.8 Å². The zero-order valence-electron chi connectivity index (χ0n) is 12.4. The summed E-state index contributed by atoms with van der Waals surface area (Å²) in [6.45, 7) is 1.44. The summed E-state index contributed by atoms with van der Waals surface area (Å²) in [5.41, 5.74) is -2.27. The first-order valence-electron chi connectivity index (χ1n) is 6.49. The molecule has 0 unspecified atom stereocenters. The van der Waals surface area contributed by atoms with Crippen LogP contribution in [0.25, 0.3) is 0 Å². The van der Waals surface area contributed by atoms with Crippen molar-refractivity contribution < 1.29 is 27.4 Å². The Bertz CT molecular complexity index is 811. The Morgan fingerprint density at radius 3 is 2.16 bits per heavy atom. The summed E-state index contributed by atoms with van der Waals surface area (Å²) in [5.74, 6) is 0.268. The van der Waals surface area contributed by atoms with Crippen LogP contribution in [0, 0.1) is 20.2 Å². The number of rotatable bonds is 5. The molecular weight excluding hydrogens is 349 g/mol. The van der Waals surface area contributed by atoms with Gasteiger partial charge < -0.3 is 4.42 Å². The first kappa shape index (κ1) is 17.9. The van der Waals surface area contributed by atoms with Crippen LogP contribution in [0.4, 0.5) is 30.2 Å². The summed E-state index contributed by atoms with van der Waals surface area (Å²) >= 11 is 0. The maximum absolute atomic E-state index is 12.8. The van der Waals surface area contributed by atoms with Gasteiger partial charge in [0, 0.05) is 12.1 Å². The van der Waals surface area contributed by atoms with E-state index >= 15 is 0 Å². The lowest BCUT2D eigenvalue weighted by atomic mass is 10.1. The van der Waals surface area contributed by atoms with Gasteiger partial charge in [0.2, 0.25) is 5.69 Å².